The number of benzene rings is 1. The van der Waals surface area contributed by atoms with Crippen LogP contribution in [-0.2, 0) is 19.3 Å². The largest absolute Gasteiger partial charge is 0.488 e. The number of nitrogens with one attached hydrogen (secondary N) is 1. The first-order valence-electron chi connectivity index (χ1n) is 9.70. The Morgan fingerprint density at radius 3 is 2.93 bits per heavy atom. The molecule has 3 aromatic rings. The third kappa shape index (κ3) is 3.29. The highest BCUT2D eigenvalue weighted by Crippen LogP contribution is 2.33. The number of hydrogen-bond acceptors (Lipinski definition) is 5. The second-order valence-corrected chi connectivity index (χ2v) is 8.33. The first-order chi connectivity index (χ1) is 13.8. The summed E-state index contributed by atoms with van der Waals surface area (Å²) in [4.78, 5) is 22.2. The average molecular weight is 391 g/mol. The second kappa shape index (κ2) is 7.36. The monoisotopic (exact) mass is 391 g/mol. The van der Waals surface area contributed by atoms with Gasteiger partial charge >= 0.3 is 0 Å². The molecule has 6 heteroatoms. The molecule has 28 heavy (non-hydrogen) atoms. The van der Waals surface area contributed by atoms with Gasteiger partial charge in [0, 0.05) is 34.6 Å². The van der Waals surface area contributed by atoms with Gasteiger partial charge in [-0.2, -0.15) is 0 Å². The van der Waals surface area contributed by atoms with E-state index in [0.29, 0.717) is 6.54 Å². The molecule has 1 N–H and O–H groups in total. The summed E-state index contributed by atoms with van der Waals surface area (Å²) in [5, 5.41) is 5.10. The molecule has 1 amide bonds. The van der Waals surface area contributed by atoms with E-state index in [-0.39, 0.29) is 12.0 Å². The summed E-state index contributed by atoms with van der Waals surface area (Å²) < 4.78 is 6.03. The fourth-order valence-electron chi connectivity index (χ4n) is 4.05. The molecule has 5 rings (SSSR count). The summed E-state index contributed by atoms with van der Waals surface area (Å²) in [5.41, 5.74) is 5.36. The fraction of sp³-hybridized carbons (Fsp3) is 0.318. The van der Waals surface area contributed by atoms with E-state index in [0.717, 1.165) is 47.3 Å². The van der Waals surface area contributed by atoms with E-state index in [2.05, 4.69) is 21.4 Å². The molecule has 0 fully saturated rings. The first-order valence-corrected chi connectivity index (χ1v) is 10.6. The lowest BCUT2D eigenvalue weighted by atomic mass is 9.95. The Labute approximate surface area is 167 Å². The molecule has 1 unspecified atom stereocenters. The highest BCUT2D eigenvalue weighted by atomic mass is 32.1. The van der Waals surface area contributed by atoms with Gasteiger partial charge in [-0.05, 0) is 54.5 Å². The second-order valence-electron chi connectivity index (χ2n) is 7.36. The Kier molecular flexibility index (Phi) is 4.56. The summed E-state index contributed by atoms with van der Waals surface area (Å²) >= 11 is 1.73. The van der Waals surface area contributed by atoms with Gasteiger partial charge in [0.25, 0.3) is 5.91 Å². The Bertz CT molecular complexity index is 1020. The number of aromatic nitrogens is 2. The average Bonchev–Trinajstić information content (AvgIpc) is 3.36. The smallest absolute Gasteiger partial charge is 0.252 e. The molecule has 5 nitrogen and oxygen atoms in total. The van der Waals surface area contributed by atoms with Crippen LogP contribution in [-0.4, -0.2) is 28.5 Å². The lowest BCUT2D eigenvalue weighted by Crippen LogP contribution is -2.34. The van der Waals surface area contributed by atoms with Crippen molar-refractivity contribution in [2.24, 2.45) is 0 Å². The quantitative estimate of drug-likeness (QED) is 0.734. The van der Waals surface area contributed by atoms with Gasteiger partial charge in [-0.3, -0.25) is 4.79 Å². The Balaban J connectivity index is 1.24. The van der Waals surface area contributed by atoms with Crippen LogP contribution >= 0.6 is 11.3 Å². The highest BCUT2D eigenvalue weighted by molar-refractivity contribution is 7.10. The van der Waals surface area contributed by atoms with E-state index < -0.39 is 0 Å². The van der Waals surface area contributed by atoms with Crippen LogP contribution in [0.25, 0.3) is 11.1 Å². The molecule has 2 aromatic heterocycles. The predicted octanol–water partition coefficient (Wildman–Crippen LogP) is 3.82. The molecule has 0 radical (unpaired) electrons. The maximum absolute atomic E-state index is 12.7. The van der Waals surface area contributed by atoms with Gasteiger partial charge in [0.1, 0.15) is 18.2 Å². The van der Waals surface area contributed by atoms with Crippen LogP contribution in [0, 0.1) is 0 Å². The summed E-state index contributed by atoms with van der Waals surface area (Å²) in [7, 11) is 0. The fourth-order valence-corrected chi connectivity index (χ4v) is 5.17. The Hall–Kier alpha value is -2.73. The number of hydrogen-bond donors (Lipinski definition) is 1. The van der Waals surface area contributed by atoms with Crippen molar-refractivity contribution in [3.05, 3.63) is 63.9 Å². The van der Waals surface area contributed by atoms with Crippen molar-refractivity contribution >= 4 is 17.2 Å². The number of rotatable bonds is 4. The Morgan fingerprint density at radius 2 is 2.04 bits per heavy atom. The summed E-state index contributed by atoms with van der Waals surface area (Å²) in [5.74, 6) is 0.925. The van der Waals surface area contributed by atoms with E-state index in [9.17, 15) is 4.79 Å². The summed E-state index contributed by atoms with van der Waals surface area (Å²) in [6.45, 7) is 0.516. The van der Waals surface area contributed by atoms with Gasteiger partial charge in [0.15, 0.2) is 0 Å². The third-order valence-electron chi connectivity index (χ3n) is 5.49. The minimum Gasteiger partial charge on any atom is -0.488 e. The predicted molar refractivity (Wildman–Crippen MR) is 109 cm³/mol. The van der Waals surface area contributed by atoms with Gasteiger partial charge in [-0.25, -0.2) is 9.97 Å². The van der Waals surface area contributed by atoms with Crippen LogP contribution < -0.4 is 10.1 Å². The Morgan fingerprint density at radius 1 is 1.18 bits per heavy atom. The number of ether oxygens (including phenoxy) is 1. The van der Waals surface area contributed by atoms with Crippen molar-refractivity contribution in [3.63, 3.8) is 0 Å². The zero-order chi connectivity index (χ0) is 18.9. The molecular weight excluding hydrogens is 370 g/mol. The van der Waals surface area contributed by atoms with E-state index in [1.807, 2.05) is 29.9 Å². The molecule has 0 bridgehead atoms. The first kappa shape index (κ1) is 17.4. The number of aryl methyl sites for hydroxylation is 1. The SMILES string of the molecule is O=C(NCC1Cc2cc(-c3cncnc3)ccc2O1)c1csc2c1CCCC2. The van der Waals surface area contributed by atoms with Crippen molar-refractivity contribution in [2.45, 2.75) is 38.2 Å². The molecule has 1 aliphatic carbocycles. The molecule has 2 aliphatic rings. The minimum atomic E-state index is -0.0318. The summed E-state index contributed by atoms with van der Waals surface area (Å²) in [6, 6.07) is 6.15. The summed E-state index contributed by atoms with van der Waals surface area (Å²) in [6.07, 6.45) is 10.5. The van der Waals surface area contributed by atoms with Crippen LogP contribution in [0.5, 0.6) is 5.75 Å². The minimum absolute atomic E-state index is 0.0288. The van der Waals surface area contributed by atoms with Crippen molar-refractivity contribution < 1.29 is 9.53 Å². The lowest BCUT2D eigenvalue weighted by molar-refractivity contribution is 0.0933. The van der Waals surface area contributed by atoms with Crippen LogP contribution in [0.15, 0.2) is 42.3 Å². The van der Waals surface area contributed by atoms with Gasteiger partial charge in [-0.15, -0.1) is 11.3 Å². The number of carbonyl (C=O) groups excluding carboxylic acids is 1. The van der Waals surface area contributed by atoms with E-state index in [1.54, 1.807) is 11.3 Å². The lowest BCUT2D eigenvalue weighted by Gasteiger charge is -2.14. The van der Waals surface area contributed by atoms with Crippen LogP contribution in [0.1, 0.15) is 39.2 Å². The van der Waals surface area contributed by atoms with Gasteiger partial charge in [0.2, 0.25) is 0 Å². The maximum Gasteiger partial charge on any atom is 0.252 e. The van der Waals surface area contributed by atoms with E-state index in [1.165, 1.54) is 29.6 Å². The number of carbonyl (C=O) groups is 1. The number of amides is 1. The van der Waals surface area contributed by atoms with Gasteiger partial charge in [-0.1, -0.05) is 6.07 Å². The van der Waals surface area contributed by atoms with E-state index >= 15 is 0 Å². The highest BCUT2D eigenvalue weighted by Gasteiger charge is 2.25. The third-order valence-corrected chi connectivity index (χ3v) is 6.58. The van der Waals surface area contributed by atoms with Crippen molar-refractivity contribution in [3.8, 4) is 16.9 Å². The van der Waals surface area contributed by atoms with Crippen LogP contribution in [0.2, 0.25) is 0 Å². The molecule has 142 valence electrons. The van der Waals surface area contributed by atoms with Gasteiger partial charge < -0.3 is 10.1 Å². The molecule has 0 spiro atoms. The molecule has 0 saturated carbocycles. The van der Waals surface area contributed by atoms with Crippen molar-refractivity contribution in [1.82, 2.24) is 15.3 Å². The van der Waals surface area contributed by atoms with Gasteiger partial charge in [0.05, 0.1) is 12.1 Å². The molecule has 0 saturated heterocycles. The van der Waals surface area contributed by atoms with E-state index in [4.69, 9.17) is 4.74 Å². The van der Waals surface area contributed by atoms with Crippen molar-refractivity contribution in [2.75, 3.05) is 6.54 Å². The standard InChI is InChI=1S/C22H21N3O2S/c26-22(19-12-28-21-4-2-1-3-18(19)21)25-11-17-8-15-7-14(5-6-20(15)27-17)16-9-23-13-24-10-16/h5-7,9-10,12-13,17H,1-4,8,11H2,(H,25,26). The van der Waals surface area contributed by atoms with Crippen molar-refractivity contribution in [1.29, 1.82) is 0 Å². The topological polar surface area (TPSA) is 64.1 Å². The number of thiophene rings is 1. The maximum atomic E-state index is 12.7. The molecule has 1 atom stereocenters. The molecule has 3 heterocycles. The zero-order valence-corrected chi connectivity index (χ0v) is 16.3. The zero-order valence-electron chi connectivity index (χ0n) is 15.5. The van der Waals surface area contributed by atoms with Crippen LogP contribution in [0.4, 0.5) is 0 Å². The van der Waals surface area contributed by atoms with Crippen LogP contribution in [0.3, 0.4) is 0 Å². The number of nitrogens with zero attached hydrogens (tertiary/aromatic N) is 2. The molecule has 1 aliphatic heterocycles. The number of fused-ring (bicyclic) bond motifs is 2. The normalized spacial score (nSPS) is 17.5. The molecular formula is C22H21N3O2S. The molecule has 1 aromatic carbocycles.